The Labute approximate surface area is 238 Å². The molecule has 4 bridgehead atoms. The Bertz CT molecular complexity index is 1700. The Hall–Kier alpha value is -4.27. The summed E-state index contributed by atoms with van der Waals surface area (Å²) >= 11 is 0. The van der Waals surface area contributed by atoms with Crippen LogP contribution in [0.15, 0.2) is 58.3 Å². The van der Waals surface area contributed by atoms with Gasteiger partial charge in [0.2, 0.25) is 0 Å². The standard InChI is InChI=1S/C32H34N6O3/c1-19-29(18-33-30-20(2)35-36(21(30)3)26-8-10-28(11-9-26)38(40)41)31(39)37(34-19)27-6-4-25(5-7-27)32-15-22-12-23(16-32)14-24(13-22)17-32/h4-11,18,22-24,34H,12-17H2,1-3H3. The van der Waals surface area contributed by atoms with Gasteiger partial charge in [-0.25, -0.2) is 9.36 Å². The van der Waals surface area contributed by atoms with Crippen LogP contribution in [0.3, 0.4) is 0 Å². The topological polar surface area (TPSA) is 111 Å². The maximum atomic E-state index is 13.5. The molecule has 1 N–H and O–H groups in total. The van der Waals surface area contributed by atoms with Gasteiger partial charge in [0.25, 0.3) is 11.2 Å². The summed E-state index contributed by atoms with van der Waals surface area (Å²) < 4.78 is 3.31. The lowest BCUT2D eigenvalue weighted by Gasteiger charge is -2.57. The number of nitrogens with one attached hydrogen (secondary N) is 1. The van der Waals surface area contributed by atoms with Crippen LogP contribution in [0.2, 0.25) is 0 Å². The number of aryl methyl sites for hydroxylation is 2. The van der Waals surface area contributed by atoms with Gasteiger partial charge in [-0.15, -0.1) is 0 Å². The highest BCUT2D eigenvalue weighted by atomic mass is 16.6. The average molecular weight is 551 g/mol. The zero-order valence-corrected chi connectivity index (χ0v) is 23.6. The maximum Gasteiger partial charge on any atom is 0.280 e. The molecule has 4 aromatic rings. The van der Waals surface area contributed by atoms with E-state index in [1.165, 1.54) is 56.2 Å². The van der Waals surface area contributed by atoms with Crippen LogP contribution in [-0.4, -0.2) is 30.7 Å². The van der Waals surface area contributed by atoms with Crippen LogP contribution in [0.5, 0.6) is 0 Å². The SMILES string of the molecule is Cc1nn(-c2ccc([N+](=O)[O-])cc2)c(C)c1N=Cc1c(C)[nH]n(-c2ccc(C34CC5CC(CC(C5)C3)C4)cc2)c1=O. The molecule has 0 atom stereocenters. The molecule has 4 fully saturated rings. The van der Waals surface area contributed by atoms with E-state index in [-0.39, 0.29) is 11.2 Å². The summed E-state index contributed by atoms with van der Waals surface area (Å²) in [4.78, 5) is 28.7. The van der Waals surface area contributed by atoms with Gasteiger partial charge in [-0.2, -0.15) is 5.10 Å². The molecule has 0 unspecified atom stereocenters. The number of aromatic nitrogens is 4. The lowest BCUT2D eigenvalue weighted by molar-refractivity contribution is -0.384. The molecule has 0 radical (unpaired) electrons. The molecule has 4 saturated carbocycles. The van der Waals surface area contributed by atoms with E-state index in [1.54, 1.807) is 27.7 Å². The summed E-state index contributed by atoms with van der Waals surface area (Å²) in [5.74, 6) is 2.68. The van der Waals surface area contributed by atoms with Crippen molar-refractivity contribution in [3.05, 3.63) is 97.2 Å². The van der Waals surface area contributed by atoms with Gasteiger partial charge in [0.05, 0.1) is 33.2 Å². The van der Waals surface area contributed by atoms with Crippen molar-refractivity contribution in [1.82, 2.24) is 19.6 Å². The highest BCUT2D eigenvalue weighted by molar-refractivity contribution is 5.83. The van der Waals surface area contributed by atoms with Crippen LogP contribution in [0.1, 0.15) is 66.7 Å². The van der Waals surface area contributed by atoms with Crippen LogP contribution in [0.25, 0.3) is 11.4 Å². The van der Waals surface area contributed by atoms with Gasteiger partial charge < -0.3 is 0 Å². The summed E-state index contributed by atoms with van der Waals surface area (Å²) in [7, 11) is 0. The number of H-pyrrole nitrogens is 1. The predicted molar refractivity (Wildman–Crippen MR) is 158 cm³/mol. The van der Waals surface area contributed by atoms with E-state index in [0.29, 0.717) is 28.0 Å². The number of aromatic amines is 1. The summed E-state index contributed by atoms with van der Waals surface area (Å²) in [6, 6.07) is 14.9. The second-order valence-electron chi connectivity index (χ2n) is 12.5. The van der Waals surface area contributed by atoms with Crippen LogP contribution in [0.4, 0.5) is 11.4 Å². The molecular weight excluding hydrogens is 516 g/mol. The molecule has 0 saturated heterocycles. The van der Waals surface area contributed by atoms with Crippen LogP contribution >= 0.6 is 0 Å². The van der Waals surface area contributed by atoms with Crippen molar-refractivity contribution in [2.45, 2.75) is 64.7 Å². The van der Waals surface area contributed by atoms with Crippen molar-refractivity contribution < 1.29 is 4.92 Å². The van der Waals surface area contributed by atoms with Crippen LogP contribution in [0, 0.1) is 48.6 Å². The van der Waals surface area contributed by atoms with Crippen molar-refractivity contribution in [2.75, 3.05) is 0 Å². The molecule has 4 aliphatic carbocycles. The van der Waals surface area contributed by atoms with Gasteiger partial charge in [0.15, 0.2) is 0 Å². The van der Waals surface area contributed by atoms with E-state index in [9.17, 15) is 14.9 Å². The second-order valence-corrected chi connectivity index (χ2v) is 12.5. The first-order valence-corrected chi connectivity index (χ1v) is 14.5. The highest BCUT2D eigenvalue weighted by Crippen LogP contribution is 2.60. The third kappa shape index (κ3) is 4.26. The zero-order chi connectivity index (χ0) is 28.5. The molecule has 9 nitrogen and oxygen atoms in total. The van der Waals surface area contributed by atoms with Crippen LogP contribution in [-0.2, 0) is 5.41 Å². The molecule has 0 amide bonds. The summed E-state index contributed by atoms with van der Waals surface area (Å²) in [5.41, 5.74) is 6.55. The van der Waals surface area contributed by atoms with Gasteiger partial charge in [0, 0.05) is 24.0 Å². The number of hydrogen-bond acceptors (Lipinski definition) is 5. The van der Waals surface area contributed by atoms with E-state index >= 15 is 0 Å². The minimum Gasteiger partial charge on any atom is -0.295 e. The highest BCUT2D eigenvalue weighted by Gasteiger charge is 2.51. The predicted octanol–water partition coefficient (Wildman–Crippen LogP) is 6.40. The minimum atomic E-state index is -0.426. The first kappa shape index (κ1) is 25.7. The Morgan fingerprint density at radius 1 is 0.951 bits per heavy atom. The molecule has 0 aliphatic heterocycles. The number of nitro groups is 1. The minimum absolute atomic E-state index is 0.0233. The fraction of sp³-hybridized carbons (Fsp3) is 0.406. The van der Waals surface area contributed by atoms with E-state index in [4.69, 9.17) is 0 Å². The zero-order valence-electron chi connectivity index (χ0n) is 23.6. The molecule has 2 aromatic heterocycles. The molecule has 4 aliphatic rings. The molecule has 8 rings (SSSR count). The van der Waals surface area contributed by atoms with E-state index < -0.39 is 4.92 Å². The van der Waals surface area contributed by atoms with Crippen molar-refractivity contribution in [3.63, 3.8) is 0 Å². The quantitative estimate of drug-likeness (QED) is 0.170. The van der Waals surface area contributed by atoms with Crippen molar-refractivity contribution in [2.24, 2.45) is 22.7 Å². The van der Waals surface area contributed by atoms with Crippen LogP contribution < -0.4 is 5.56 Å². The molecule has 41 heavy (non-hydrogen) atoms. The molecule has 2 aromatic carbocycles. The number of benzene rings is 2. The smallest absolute Gasteiger partial charge is 0.280 e. The molecule has 0 spiro atoms. The van der Waals surface area contributed by atoms with E-state index in [2.05, 4.69) is 39.5 Å². The Kier molecular flexibility index (Phi) is 5.88. The lowest BCUT2D eigenvalue weighted by Crippen LogP contribution is -2.48. The fourth-order valence-electron chi connectivity index (χ4n) is 8.24. The summed E-state index contributed by atoms with van der Waals surface area (Å²) in [6.07, 6.45) is 9.84. The van der Waals surface area contributed by atoms with Crippen molar-refractivity contribution in [3.8, 4) is 11.4 Å². The third-order valence-electron chi connectivity index (χ3n) is 9.77. The Balaban J connectivity index is 1.15. The molecule has 210 valence electrons. The fourth-order valence-corrected chi connectivity index (χ4v) is 8.24. The first-order chi connectivity index (χ1) is 19.7. The lowest BCUT2D eigenvalue weighted by atomic mass is 9.48. The molecule has 9 heteroatoms. The largest absolute Gasteiger partial charge is 0.295 e. The van der Waals surface area contributed by atoms with Crippen molar-refractivity contribution in [1.29, 1.82) is 0 Å². The third-order valence-corrected chi connectivity index (χ3v) is 9.77. The number of rotatable bonds is 6. The number of non-ortho nitro benzene ring substituents is 1. The summed E-state index contributed by atoms with van der Waals surface area (Å²) in [6.45, 7) is 5.62. The van der Waals surface area contributed by atoms with Gasteiger partial charge in [0.1, 0.15) is 5.69 Å². The van der Waals surface area contributed by atoms with Gasteiger partial charge in [-0.3, -0.25) is 25.0 Å². The van der Waals surface area contributed by atoms with Gasteiger partial charge >= 0.3 is 0 Å². The maximum absolute atomic E-state index is 13.5. The van der Waals surface area contributed by atoms with E-state index in [0.717, 1.165) is 34.8 Å². The number of hydrogen-bond donors (Lipinski definition) is 1. The first-order valence-electron chi connectivity index (χ1n) is 14.5. The van der Waals surface area contributed by atoms with Gasteiger partial charge in [-0.1, -0.05) is 12.1 Å². The normalized spacial score (nSPS) is 24.9. The number of nitro benzene ring substituents is 1. The molecule has 2 heterocycles. The average Bonchev–Trinajstić information content (AvgIpc) is 3.40. The Morgan fingerprint density at radius 3 is 2.12 bits per heavy atom. The molecular formula is C32H34N6O3. The second kappa shape index (κ2) is 9.39. The monoisotopic (exact) mass is 550 g/mol. The Morgan fingerprint density at radius 2 is 1.54 bits per heavy atom. The number of aliphatic imine (C=N–C) groups is 1. The number of nitrogens with zero attached hydrogens (tertiary/aromatic N) is 5. The summed E-state index contributed by atoms with van der Waals surface area (Å²) in [5, 5.41) is 18.8. The van der Waals surface area contributed by atoms with Crippen molar-refractivity contribution >= 4 is 17.6 Å². The van der Waals surface area contributed by atoms with Gasteiger partial charge in [-0.05, 0) is 112 Å². The van der Waals surface area contributed by atoms with E-state index in [1.807, 2.05) is 20.8 Å².